The van der Waals surface area contributed by atoms with Crippen LogP contribution in [0.4, 0.5) is 0 Å². The van der Waals surface area contributed by atoms with Gasteiger partial charge in [0.1, 0.15) is 8.07 Å². The van der Waals surface area contributed by atoms with Gasteiger partial charge in [0.2, 0.25) is 0 Å². The lowest BCUT2D eigenvalue weighted by Gasteiger charge is -2.35. The van der Waals surface area contributed by atoms with Gasteiger partial charge in [0.15, 0.2) is 0 Å². The van der Waals surface area contributed by atoms with Crippen LogP contribution in [0.2, 0.25) is 13.1 Å². The average molecular weight is 844 g/mol. The fourth-order valence-corrected chi connectivity index (χ4v) is 16.1. The fraction of sp³-hybridized carbons (Fsp3) is 0.115. The van der Waals surface area contributed by atoms with Crippen molar-refractivity contribution in [1.29, 1.82) is 0 Å². The minimum Gasteiger partial charge on any atom is -0.0897 e. The van der Waals surface area contributed by atoms with Gasteiger partial charge in [0.05, 0.1) is 0 Å². The summed E-state index contributed by atoms with van der Waals surface area (Å²) in [6.45, 7) is 5.03. The van der Waals surface area contributed by atoms with Crippen molar-refractivity contribution in [2.75, 3.05) is 0 Å². The number of hydrogen-bond acceptors (Lipinski definition) is 1. The standard InChI is InChI=1S/C61H50SSi/c1-63(2)52-38-21-20-37-51(52)62-61-53(63)40-39-50(42-23-18-19-24-42)54(61)48-35-22-36-49(41-48)60-58(46-31-14-6-15-32-46)56(44-27-10-4-11-28-44)55(43-25-8-3-9-26-43)57(45-29-12-5-13-30-45)59(60)47-33-16-7-17-34-47/h3-17,20-22,25-42H,18-19,23-24H2,1-2H3/i42D. The molecule has 9 aromatic carbocycles. The lowest BCUT2D eigenvalue weighted by molar-refractivity contribution is 0.723. The van der Waals surface area contributed by atoms with Gasteiger partial charge >= 0.3 is 0 Å². The highest BCUT2D eigenvalue weighted by Crippen LogP contribution is 2.56. The average Bonchev–Trinajstić information content (AvgIpc) is 3.81. The highest BCUT2D eigenvalue weighted by molar-refractivity contribution is 8.00. The zero-order valence-electron chi connectivity index (χ0n) is 36.9. The summed E-state index contributed by atoms with van der Waals surface area (Å²) in [7, 11) is -2.08. The van der Waals surface area contributed by atoms with Gasteiger partial charge in [0, 0.05) is 11.2 Å². The van der Waals surface area contributed by atoms with Crippen molar-refractivity contribution in [3.8, 4) is 77.9 Å². The summed E-state index contributed by atoms with van der Waals surface area (Å²) in [5.74, 6) is -0.633. The van der Waals surface area contributed by atoms with Crippen molar-refractivity contribution in [3.63, 3.8) is 0 Å². The normalized spacial score (nSPS) is 15.0. The molecule has 1 fully saturated rings. The molecule has 0 bridgehead atoms. The second-order valence-electron chi connectivity index (χ2n) is 17.6. The van der Waals surface area contributed by atoms with E-state index in [9.17, 15) is 1.37 Å². The molecule has 2 aliphatic rings. The van der Waals surface area contributed by atoms with E-state index in [4.69, 9.17) is 0 Å². The maximum absolute atomic E-state index is 10.1. The summed E-state index contributed by atoms with van der Waals surface area (Å²) in [6.07, 6.45) is 3.96. The van der Waals surface area contributed by atoms with Gasteiger partial charge < -0.3 is 0 Å². The third kappa shape index (κ3) is 7.03. The molecule has 0 N–H and O–H groups in total. The topological polar surface area (TPSA) is 0 Å². The van der Waals surface area contributed by atoms with E-state index in [2.05, 4.69) is 225 Å². The van der Waals surface area contributed by atoms with Crippen LogP contribution in [0.1, 0.15) is 38.5 Å². The van der Waals surface area contributed by atoms with Crippen molar-refractivity contribution in [3.05, 3.63) is 218 Å². The van der Waals surface area contributed by atoms with Gasteiger partial charge in [-0.1, -0.05) is 238 Å². The van der Waals surface area contributed by atoms with Crippen molar-refractivity contribution in [1.82, 2.24) is 0 Å². The van der Waals surface area contributed by atoms with Crippen LogP contribution >= 0.6 is 11.8 Å². The van der Waals surface area contributed by atoms with E-state index >= 15 is 0 Å². The Balaban J connectivity index is 1.31. The summed E-state index contributed by atoms with van der Waals surface area (Å²) in [4.78, 5) is 2.71. The smallest absolute Gasteiger partial charge is 0.0897 e. The largest absolute Gasteiger partial charge is 0.115 e. The summed E-state index contributed by atoms with van der Waals surface area (Å²) >= 11 is 1.93. The number of hydrogen-bond donors (Lipinski definition) is 0. The first kappa shape index (κ1) is 38.2. The van der Waals surface area contributed by atoms with E-state index in [1.54, 1.807) is 0 Å². The number of rotatable bonds is 8. The Bertz CT molecular complexity index is 3030. The third-order valence-electron chi connectivity index (χ3n) is 13.4. The zero-order valence-corrected chi connectivity index (χ0v) is 37.8. The molecule has 1 aliphatic heterocycles. The van der Waals surface area contributed by atoms with E-state index in [0.29, 0.717) is 0 Å². The van der Waals surface area contributed by atoms with Crippen molar-refractivity contribution in [2.45, 2.75) is 54.5 Å². The molecule has 11 rings (SSSR count). The summed E-state index contributed by atoms with van der Waals surface area (Å²) < 4.78 is 10.1. The molecule has 0 aromatic heterocycles. The quantitative estimate of drug-likeness (QED) is 0.137. The van der Waals surface area contributed by atoms with Crippen LogP contribution in [0.5, 0.6) is 0 Å². The Morgan fingerprint density at radius 1 is 0.381 bits per heavy atom. The van der Waals surface area contributed by atoms with Crippen LogP contribution in [0.3, 0.4) is 0 Å². The first-order valence-electron chi connectivity index (χ1n) is 23.0. The van der Waals surface area contributed by atoms with Crippen LogP contribution in [-0.4, -0.2) is 8.07 Å². The van der Waals surface area contributed by atoms with Gasteiger partial charge in [0.25, 0.3) is 0 Å². The minimum absolute atomic E-state index is 0.633. The maximum atomic E-state index is 10.1. The molecule has 1 heterocycles. The first-order valence-corrected chi connectivity index (χ1v) is 26.3. The van der Waals surface area contributed by atoms with Gasteiger partial charge in [-0.15, -0.1) is 0 Å². The lowest BCUT2D eigenvalue weighted by atomic mass is 9.74. The SMILES string of the molecule is [2H]C1(c2ccc3c(c2-c2cccc(-c4c(-c5ccccc5)c(-c5ccccc5)c(-c5ccccc5)c(-c5ccccc5)c4-c4ccccc4)c2)Sc2ccccc2[Si]3(C)C)CCCC1. The maximum Gasteiger partial charge on any atom is 0.115 e. The van der Waals surface area contributed by atoms with E-state index in [0.717, 1.165) is 31.2 Å². The van der Waals surface area contributed by atoms with Crippen LogP contribution in [0, 0.1) is 0 Å². The summed E-state index contributed by atoms with van der Waals surface area (Å²) in [5, 5.41) is 2.98. The Morgan fingerprint density at radius 2 is 0.746 bits per heavy atom. The molecule has 304 valence electrons. The van der Waals surface area contributed by atoms with E-state index < -0.39 is 14.0 Å². The molecule has 0 unspecified atom stereocenters. The Hall–Kier alpha value is -6.45. The second kappa shape index (κ2) is 16.7. The van der Waals surface area contributed by atoms with Crippen molar-refractivity contribution >= 4 is 30.2 Å². The molecule has 2 heteroatoms. The molecular formula is C61H50SSi. The second-order valence-corrected chi connectivity index (χ2v) is 22.9. The van der Waals surface area contributed by atoms with Gasteiger partial charge in [-0.05, 0) is 125 Å². The van der Waals surface area contributed by atoms with Crippen LogP contribution < -0.4 is 10.4 Å². The van der Waals surface area contributed by atoms with Gasteiger partial charge in [-0.25, -0.2) is 0 Å². The number of fused-ring (bicyclic) bond motifs is 2. The molecule has 0 spiro atoms. The molecule has 0 saturated heterocycles. The third-order valence-corrected chi connectivity index (χ3v) is 18.6. The van der Waals surface area contributed by atoms with Crippen molar-refractivity contribution in [2.24, 2.45) is 0 Å². The van der Waals surface area contributed by atoms with Gasteiger partial charge in [-0.3, -0.25) is 0 Å². The highest BCUT2D eigenvalue weighted by atomic mass is 32.2. The van der Waals surface area contributed by atoms with Gasteiger partial charge in [-0.2, -0.15) is 0 Å². The molecule has 63 heavy (non-hydrogen) atoms. The Kier molecular flexibility index (Phi) is 10.1. The van der Waals surface area contributed by atoms with E-state index in [1.807, 2.05) is 11.8 Å². The molecule has 1 aliphatic carbocycles. The zero-order chi connectivity index (χ0) is 43.3. The molecule has 1 saturated carbocycles. The lowest BCUT2D eigenvalue weighted by Crippen LogP contribution is -2.56. The fourth-order valence-electron chi connectivity index (χ4n) is 10.5. The molecule has 0 atom stereocenters. The minimum atomic E-state index is -2.08. The van der Waals surface area contributed by atoms with E-state index in [-0.39, 0.29) is 0 Å². The van der Waals surface area contributed by atoms with Crippen LogP contribution in [0.15, 0.2) is 222 Å². The van der Waals surface area contributed by atoms with Crippen LogP contribution in [-0.2, 0) is 0 Å². The Morgan fingerprint density at radius 3 is 1.19 bits per heavy atom. The predicted molar refractivity (Wildman–Crippen MR) is 273 cm³/mol. The van der Waals surface area contributed by atoms with Crippen molar-refractivity contribution < 1.29 is 1.37 Å². The molecule has 0 radical (unpaired) electrons. The summed E-state index contributed by atoms with van der Waals surface area (Å²) in [6, 6.07) is 78.5. The first-order chi connectivity index (χ1) is 31.4. The molecule has 0 amide bonds. The number of benzene rings is 9. The summed E-state index contributed by atoms with van der Waals surface area (Å²) in [5.41, 5.74) is 17.9. The monoisotopic (exact) mass is 843 g/mol. The molecular weight excluding hydrogens is 793 g/mol. The Labute approximate surface area is 379 Å². The van der Waals surface area contributed by atoms with E-state index in [1.165, 1.54) is 98.1 Å². The molecule has 9 aromatic rings. The predicted octanol–water partition coefficient (Wildman–Crippen LogP) is 16.3. The van der Waals surface area contributed by atoms with Crippen LogP contribution in [0.25, 0.3) is 77.9 Å². The highest BCUT2D eigenvalue weighted by Gasteiger charge is 2.38. The molecule has 0 nitrogen and oxygen atoms in total.